The van der Waals surface area contributed by atoms with Gasteiger partial charge in [0.1, 0.15) is 23.6 Å². The maximum Gasteiger partial charge on any atom is 0.336 e. The van der Waals surface area contributed by atoms with E-state index in [1.807, 2.05) is 24.4 Å². The van der Waals surface area contributed by atoms with Crippen molar-refractivity contribution in [3.8, 4) is 11.3 Å². The molecule has 1 aromatic carbocycles. The molecular formula is C20H19FN4O3S. The third kappa shape index (κ3) is 3.70. The molecule has 0 amide bonds. The van der Waals surface area contributed by atoms with Gasteiger partial charge in [0.25, 0.3) is 0 Å². The zero-order valence-corrected chi connectivity index (χ0v) is 16.7. The van der Waals surface area contributed by atoms with Crippen molar-refractivity contribution in [1.29, 1.82) is 0 Å². The Morgan fingerprint density at radius 1 is 1.34 bits per heavy atom. The number of benzene rings is 1. The standard InChI is InChI=1S/C20H19FN4O3S/c1-3-20(27,11-21)18-9-25(24-23-18)8-13-4-5-14-15(16-10-29-12(2)22-16)7-19(26)28-17(14)6-13/h4-7,9-10,27H,3,8,11H2,1-2H3. The second-order valence-corrected chi connectivity index (χ2v) is 7.94. The summed E-state index contributed by atoms with van der Waals surface area (Å²) in [5.41, 5.74) is 0.851. The molecule has 1 atom stereocenters. The molecule has 0 saturated carbocycles. The summed E-state index contributed by atoms with van der Waals surface area (Å²) in [4.78, 5) is 16.5. The van der Waals surface area contributed by atoms with E-state index in [-0.39, 0.29) is 12.1 Å². The number of hydrogen-bond donors (Lipinski definition) is 1. The third-order valence-corrected chi connectivity index (χ3v) is 5.64. The van der Waals surface area contributed by atoms with Gasteiger partial charge < -0.3 is 9.52 Å². The lowest BCUT2D eigenvalue weighted by Crippen LogP contribution is -2.27. The second-order valence-electron chi connectivity index (χ2n) is 6.88. The van der Waals surface area contributed by atoms with Crippen LogP contribution in [0.2, 0.25) is 0 Å². The summed E-state index contributed by atoms with van der Waals surface area (Å²) in [6.07, 6.45) is 1.72. The van der Waals surface area contributed by atoms with Gasteiger partial charge in [0.05, 0.1) is 23.4 Å². The summed E-state index contributed by atoms with van der Waals surface area (Å²) in [6, 6.07) is 6.98. The van der Waals surface area contributed by atoms with Crippen LogP contribution in [-0.2, 0) is 12.1 Å². The highest BCUT2D eigenvalue weighted by Gasteiger charge is 2.30. The first-order valence-corrected chi connectivity index (χ1v) is 9.98. The molecule has 0 bridgehead atoms. The molecule has 3 aromatic heterocycles. The number of rotatable bonds is 6. The number of aromatic nitrogens is 4. The van der Waals surface area contributed by atoms with Gasteiger partial charge in [0, 0.05) is 22.4 Å². The van der Waals surface area contributed by atoms with Crippen LogP contribution in [0.1, 0.15) is 29.6 Å². The molecule has 29 heavy (non-hydrogen) atoms. The van der Waals surface area contributed by atoms with Crippen LogP contribution in [0.3, 0.4) is 0 Å². The monoisotopic (exact) mass is 414 g/mol. The molecule has 3 heterocycles. The highest BCUT2D eigenvalue weighted by molar-refractivity contribution is 7.09. The Bertz CT molecular complexity index is 1230. The molecule has 0 spiro atoms. The molecule has 4 rings (SSSR count). The molecule has 0 saturated heterocycles. The Labute approximate surface area is 169 Å². The average Bonchev–Trinajstić information content (AvgIpc) is 3.36. The number of hydrogen-bond acceptors (Lipinski definition) is 7. The SMILES string of the molecule is CCC(O)(CF)c1cn(Cc2ccc3c(-c4csc(C)n4)cc(=O)oc3c2)nn1. The Morgan fingerprint density at radius 2 is 2.17 bits per heavy atom. The van der Waals surface area contributed by atoms with Crippen LogP contribution in [-0.4, -0.2) is 31.8 Å². The van der Waals surface area contributed by atoms with Crippen LogP contribution >= 0.6 is 11.3 Å². The summed E-state index contributed by atoms with van der Waals surface area (Å²) in [6.45, 7) is 3.00. The van der Waals surface area contributed by atoms with E-state index in [0.29, 0.717) is 12.1 Å². The molecule has 1 unspecified atom stereocenters. The Hall–Kier alpha value is -2.91. The van der Waals surface area contributed by atoms with Crippen molar-refractivity contribution in [3.05, 3.63) is 62.5 Å². The Morgan fingerprint density at radius 3 is 2.86 bits per heavy atom. The van der Waals surface area contributed by atoms with Crippen molar-refractivity contribution in [1.82, 2.24) is 20.0 Å². The number of fused-ring (bicyclic) bond motifs is 1. The molecule has 4 aromatic rings. The predicted molar refractivity (Wildman–Crippen MR) is 108 cm³/mol. The minimum Gasteiger partial charge on any atom is -0.423 e. The summed E-state index contributed by atoms with van der Waals surface area (Å²) in [5, 5.41) is 21.7. The number of halogens is 1. The van der Waals surface area contributed by atoms with E-state index >= 15 is 0 Å². The third-order valence-electron chi connectivity index (χ3n) is 4.87. The first-order chi connectivity index (χ1) is 13.9. The zero-order chi connectivity index (χ0) is 20.6. The number of thiazole rings is 1. The van der Waals surface area contributed by atoms with Crippen molar-refractivity contribution in [2.45, 2.75) is 32.4 Å². The van der Waals surface area contributed by atoms with Crippen molar-refractivity contribution in [3.63, 3.8) is 0 Å². The maximum absolute atomic E-state index is 13.2. The fourth-order valence-electron chi connectivity index (χ4n) is 3.12. The van der Waals surface area contributed by atoms with Crippen LogP contribution in [0.5, 0.6) is 0 Å². The number of aliphatic hydroxyl groups is 1. The second kappa shape index (κ2) is 7.49. The fourth-order valence-corrected chi connectivity index (χ4v) is 3.74. The van der Waals surface area contributed by atoms with Gasteiger partial charge in [-0.2, -0.15) is 0 Å². The van der Waals surface area contributed by atoms with Gasteiger partial charge in [-0.15, -0.1) is 16.4 Å². The van der Waals surface area contributed by atoms with Gasteiger partial charge in [0.2, 0.25) is 0 Å². The van der Waals surface area contributed by atoms with Crippen molar-refractivity contribution >= 4 is 22.3 Å². The van der Waals surface area contributed by atoms with Crippen LogP contribution in [0.4, 0.5) is 4.39 Å². The van der Waals surface area contributed by atoms with E-state index in [4.69, 9.17) is 4.42 Å². The quantitative estimate of drug-likeness (QED) is 0.486. The highest BCUT2D eigenvalue weighted by Crippen LogP contribution is 2.29. The minimum atomic E-state index is -1.63. The average molecular weight is 414 g/mol. The van der Waals surface area contributed by atoms with Gasteiger partial charge in [-0.1, -0.05) is 24.3 Å². The van der Waals surface area contributed by atoms with Crippen molar-refractivity contribution in [2.75, 3.05) is 6.67 Å². The summed E-state index contributed by atoms with van der Waals surface area (Å²) < 4.78 is 20.1. The van der Waals surface area contributed by atoms with E-state index in [1.54, 1.807) is 13.0 Å². The van der Waals surface area contributed by atoms with Crippen LogP contribution < -0.4 is 5.63 Å². The Kier molecular flexibility index (Phi) is 5.01. The van der Waals surface area contributed by atoms with Crippen molar-refractivity contribution < 1.29 is 13.9 Å². The van der Waals surface area contributed by atoms with Gasteiger partial charge >= 0.3 is 5.63 Å². The van der Waals surface area contributed by atoms with Gasteiger partial charge in [-0.05, 0) is 25.0 Å². The molecule has 0 aliphatic carbocycles. The molecule has 9 heteroatoms. The minimum absolute atomic E-state index is 0.191. The molecule has 0 aliphatic rings. The largest absolute Gasteiger partial charge is 0.423 e. The fraction of sp³-hybridized carbons (Fsp3) is 0.300. The number of alkyl halides is 1. The normalized spacial score (nSPS) is 13.7. The van der Waals surface area contributed by atoms with E-state index in [0.717, 1.165) is 27.2 Å². The van der Waals surface area contributed by atoms with E-state index in [1.165, 1.54) is 28.3 Å². The van der Waals surface area contributed by atoms with Crippen LogP contribution in [0.15, 0.2) is 45.1 Å². The van der Waals surface area contributed by atoms with Gasteiger partial charge in [-0.3, -0.25) is 0 Å². The summed E-state index contributed by atoms with van der Waals surface area (Å²) >= 11 is 1.52. The molecule has 0 radical (unpaired) electrons. The van der Waals surface area contributed by atoms with Crippen molar-refractivity contribution in [2.24, 2.45) is 0 Å². The van der Waals surface area contributed by atoms with Crippen LogP contribution in [0, 0.1) is 6.92 Å². The van der Waals surface area contributed by atoms with E-state index in [9.17, 15) is 14.3 Å². The summed E-state index contributed by atoms with van der Waals surface area (Å²) in [7, 11) is 0. The van der Waals surface area contributed by atoms with Crippen LogP contribution in [0.25, 0.3) is 22.2 Å². The molecule has 1 N–H and O–H groups in total. The lowest BCUT2D eigenvalue weighted by Gasteiger charge is -2.19. The van der Waals surface area contributed by atoms with E-state index < -0.39 is 17.9 Å². The number of nitrogens with zero attached hydrogens (tertiary/aromatic N) is 4. The lowest BCUT2D eigenvalue weighted by molar-refractivity contribution is 0.00322. The first-order valence-electron chi connectivity index (χ1n) is 9.10. The van der Waals surface area contributed by atoms with E-state index in [2.05, 4.69) is 15.3 Å². The van der Waals surface area contributed by atoms with Gasteiger partial charge in [0.15, 0.2) is 0 Å². The molecule has 150 valence electrons. The first kappa shape index (κ1) is 19.4. The zero-order valence-electron chi connectivity index (χ0n) is 15.9. The van der Waals surface area contributed by atoms with Gasteiger partial charge in [-0.25, -0.2) is 18.9 Å². The molecule has 0 fully saturated rings. The summed E-state index contributed by atoms with van der Waals surface area (Å²) in [5.74, 6) is 0. The predicted octanol–water partition coefficient (Wildman–Crippen LogP) is 3.43. The molecular weight excluding hydrogens is 395 g/mol. The maximum atomic E-state index is 13.2. The molecule has 7 nitrogen and oxygen atoms in total. The topological polar surface area (TPSA) is 94.0 Å². The number of aryl methyl sites for hydroxylation is 1. The Balaban J connectivity index is 1.68. The highest BCUT2D eigenvalue weighted by atomic mass is 32.1. The lowest BCUT2D eigenvalue weighted by atomic mass is 9.99. The smallest absolute Gasteiger partial charge is 0.336 e. The molecule has 0 aliphatic heterocycles.